The average Bonchev–Trinajstić information content (AvgIpc) is 2.98. The van der Waals surface area contributed by atoms with Crippen molar-refractivity contribution < 1.29 is 13.2 Å². The molecule has 0 spiro atoms. The number of primary sulfonamides is 1. The quantitative estimate of drug-likeness (QED) is 0.647. The molecule has 32 heavy (non-hydrogen) atoms. The molecule has 168 valence electrons. The van der Waals surface area contributed by atoms with Crippen molar-refractivity contribution in [2.45, 2.75) is 31.3 Å². The highest BCUT2D eigenvalue weighted by atomic mass is 32.2. The summed E-state index contributed by atoms with van der Waals surface area (Å²) in [5, 5.41) is 5.99. The zero-order valence-electron chi connectivity index (χ0n) is 18.2. The van der Waals surface area contributed by atoms with Gasteiger partial charge in [-0.1, -0.05) is 12.1 Å². The average molecular weight is 454 g/mol. The first-order valence-electron chi connectivity index (χ1n) is 10.5. The summed E-state index contributed by atoms with van der Waals surface area (Å²) < 4.78 is 23.2. The molecular weight excluding hydrogens is 426 g/mol. The van der Waals surface area contributed by atoms with E-state index in [4.69, 9.17) is 5.14 Å². The molecule has 1 aromatic carbocycles. The number of carbonyl (C=O) groups excluding carboxylic acids is 1. The van der Waals surface area contributed by atoms with E-state index in [1.807, 2.05) is 36.2 Å². The van der Waals surface area contributed by atoms with Crippen LogP contribution >= 0.6 is 0 Å². The van der Waals surface area contributed by atoms with Gasteiger partial charge in [0.25, 0.3) is 10.0 Å². The maximum absolute atomic E-state index is 12.1. The summed E-state index contributed by atoms with van der Waals surface area (Å²) in [5.74, 6) is 0.259. The summed E-state index contributed by atoms with van der Waals surface area (Å²) in [5.41, 5.74) is 3.93. The van der Waals surface area contributed by atoms with Crippen LogP contribution in [0.5, 0.6) is 0 Å². The molecule has 1 atom stereocenters. The minimum Gasteiger partial charge on any atom is -0.341 e. The fourth-order valence-corrected chi connectivity index (χ4v) is 4.77. The molecule has 1 fully saturated rings. The molecule has 0 bridgehead atoms. The number of hydrogen-bond donors (Lipinski definition) is 1. The number of fused-ring (bicyclic) bond motifs is 1. The van der Waals surface area contributed by atoms with E-state index in [-0.39, 0.29) is 16.9 Å². The van der Waals surface area contributed by atoms with E-state index >= 15 is 0 Å². The molecule has 8 nitrogen and oxygen atoms in total. The van der Waals surface area contributed by atoms with Crippen molar-refractivity contribution in [2.24, 2.45) is 5.14 Å². The van der Waals surface area contributed by atoms with Crippen molar-refractivity contribution in [3.8, 4) is 0 Å². The number of aromatic nitrogens is 2. The first kappa shape index (κ1) is 22.3. The lowest BCUT2D eigenvalue weighted by Crippen LogP contribution is -2.34. The summed E-state index contributed by atoms with van der Waals surface area (Å²) in [6.07, 6.45) is 3.64. The summed E-state index contributed by atoms with van der Waals surface area (Å²) in [6, 6.07) is 11.0. The van der Waals surface area contributed by atoms with Crippen LogP contribution in [0.25, 0.3) is 10.9 Å². The highest BCUT2D eigenvalue weighted by Crippen LogP contribution is 2.26. The smallest absolute Gasteiger partial charge is 0.255 e. The van der Waals surface area contributed by atoms with Crippen molar-refractivity contribution in [1.29, 1.82) is 0 Å². The number of sulfonamides is 1. The molecule has 1 aliphatic rings. The van der Waals surface area contributed by atoms with Gasteiger partial charge in [0.15, 0.2) is 5.03 Å². The van der Waals surface area contributed by atoms with Crippen molar-refractivity contribution in [1.82, 2.24) is 19.8 Å². The molecule has 2 N–H and O–H groups in total. The normalized spacial score (nSPS) is 18.0. The van der Waals surface area contributed by atoms with Crippen LogP contribution < -0.4 is 5.14 Å². The number of carbonyl (C=O) groups is 1. The topological polar surface area (TPSA) is 109 Å². The standard InChI is InChI=1S/C23H27N5O3S/c1-16-19(5-7-22-21(16)6-8-23(26-22)32(24,30)31)13-27-10-11-28(17(2)29)15-20(14-27)18-4-3-9-25-12-18/h3-9,12,20H,10-11,13-15H2,1-2H3,(H2,24,30,31)/t20-/m1/s1. The van der Waals surface area contributed by atoms with E-state index in [1.54, 1.807) is 19.2 Å². The minimum atomic E-state index is -3.85. The number of hydrogen-bond acceptors (Lipinski definition) is 6. The van der Waals surface area contributed by atoms with Gasteiger partial charge in [0.05, 0.1) is 5.52 Å². The molecule has 0 saturated carbocycles. The number of aryl methyl sites for hydroxylation is 1. The zero-order chi connectivity index (χ0) is 22.9. The van der Waals surface area contributed by atoms with Crippen LogP contribution in [0.3, 0.4) is 0 Å². The van der Waals surface area contributed by atoms with Gasteiger partial charge in [-0.25, -0.2) is 18.5 Å². The number of nitrogens with two attached hydrogens (primary N) is 1. The number of benzene rings is 1. The van der Waals surface area contributed by atoms with Gasteiger partial charge < -0.3 is 4.90 Å². The minimum absolute atomic E-state index is 0.0827. The number of rotatable bonds is 4. The highest BCUT2D eigenvalue weighted by molar-refractivity contribution is 7.89. The maximum atomic E-state index is 12.1. The molecular formula is C23H27N5O3S. The van der Waals surface area contributed by atoms with E-state index in [1.165, 1.54) is 6.07 Å². The Bertz CT molecular complexity index is 1250. The second kappa shape index (κ2) is 8.93. The molecule has 9 heteroatoms. The fourth-order valence-electron chi connectivity index (χ4n) is 4.29. The molecule has 0 unspecified atom stereocenters. The predicted octanol–water partition coefficient (Wildman–Crippen LogP) is 2.03. The molecule has 3 aromatic rings. The van der Waals surface area contributed by atoms with Gasteiger partial charge in [-0.15, -0.1) is 0 Å². The fraction of sp³-hybridized carbons (Fsp3) is 0.348. The van der Waals surface area contributed by atoms with Crippen LogP contribution in [-0.4, -0.2) is 60.3 Å². The molecule has 1 amide bonds. The number of amides is 1. The van der Waals surface area contributed by atoms with E-state index in [9.17, 15) is 13.2 Å². The lowest BCUT2D eigenvalue weighted by Gasteiger charge is -2.25. The Hall–Kier alpha value is -2.88. The Kier molecular flexibility index (Phi) is 6.23. The molecule has 3 heterocycles. The highest BCUT2D eigenvalue weighted by Gasteiger charge is 2.26. The van der Waals surface area contributed by atoms with Crippen LogP contribution in [0.4, 0.5) is 0 Å². The third kappa shape index (κ3) is 4.79. The van der Waals surface area contributed by atoms with E-state index in [2.05, 4.69) is 20.9 Å². The first-order chi connectivity index (χ1) is 15.2. The van der Waals surface area contributed by atoms with Gasteiger partial charge in [0, 0.05) is 63.3 Å². The number of nitrogens with zero attached hydrogens (tertiary/aromatic N) is 4. The van der Waals surface area contributed by atoms with Gasteiger partial charge in [-0.2, -0.15) is 0 Å². The van der Waals surface area contributed by atoms with Crippen LogP contribution in [-0.2, 0) is 21.4 Å². The Morgan fingerprint density at radius 2 is 1.97 bits per heavy atom. The van der Waals surface area contributed by atoms with E-state index in [0.717, 1.165) is 41.7 Å². The van der Waals surface area contributed by atoms with Crippen LogP contribution in [0.15, 0.2) is 53.8 Å². The number of pyridine rings is 2. The van der Waals surface area contributed by atoms with Crippen LogP contribution in [0.2, 0.25) is 0 Å². The summed E-state index contributed by atoms with van der Waals surface area (Å²) in [4.78, 5) is 24.9. The molecule has 0 radical (unpaired) electrons. The molecule has 2 aromatic heterocycles. The Morgan fingerprint density at radius 1 is 1.16 bits per heavy atom. The van der Waals surface area contributed by atoms with E-state index < -0.39 is 10.0 Å². The monoisotopic (exact) mass is 453 g/mol. The third-order valence-corrected chi connectivity index (χ3v) is 6.93. The van der Waals surface area contributed by atoms with Gasteiger partial charge in [-0.05, 0) is 47.9 Å². The molecule has 1 saturated heterocycles. The Labute approximate surface area is 188 Å². The largest absolute Gasteiger partial charge is 0.341 e. The lowest BCUT2D eigenvalue weighted by atomic mass is 9.99. The third-order valence-electron chi connectivity index (χ3n) is 6.12. The first-order valence-corrected chi connectivity index (χ1v) is 12.1. The van der Waals surface area contributed by atoms with Gasteiger partial charge >= 0.3 is 0 Å². The van der Waals surface area contributed by atoms with Crippen molar-refractivity contribution in [2.75, 3.05) is 26.2 Å². The maximum Gasteiger partial charge on any atom is 0.255 e. The zero-order valence-corrected chi connectivity index (χ0v) is 19.0. The predicted molar refractivity (Wildman–Crippen MR) is 122 cm³/mol. The second-order valence-electron chi connectivity index (χ2n) is 8.29. The lowest BCUT2D eigenvalue weighted by molar-refractivity contribution is -0.128. The van der Waals surface area contributed by atoms with E-state index in [0.29, 0.717) is 18.6 Å². The molecule has 0 aliphatic carbocycles. The second-order valence-corrected chi connectivity index (χ2v) is 9.80. The van der Waals surface area contributed by atoms with Crippen molar-refractivity contribution >= 4 is 26.8 Å². The van der Waals surface area contributed by atoms with Gasteiger partial charge in [-0.3, -0.25) is 14.7 Å². The SMILES string of the molecule is CC(=O)N1CCN(Cc2ccc3nc(S(N)(=O)=O)ccc3c2C)C[C@@H](c2cccnc2)C1. The van der Waals surface area contributed by atoms with Crippen LogP contribution in [0.1, 0.15) is 29.5 Å². The molecule has 4 rings (SSSR count). The summed E-state index contributed by atoms with van der Waals surface area (Å²) in [7, 11) is -3.85. The Balaban J connectivity index is 1.62. The molecule has 1 aliphatic heterocycles. The van der Waals surface area contributed by atoms with Crippen molar-refractivity contribution in [3.05, 3.63) is 65.5 Å². The Morgan fingerprint density at radius 3 is 2.66 bits per heavy atom. The van der Waals surface area contributed by atoms with Gasteiger partial charge in [0.2, 0.25) is 5.91 Å². The van der Waals surface area contributed by atoms with Crippen LogP contribution in [0, 0.1) is 6.92 Å². The van der Waals surface area contributed by atoms with Crippen molar-refractivity contribution in [3.63, 3.8) is 0 Å². The van der Waals surface area contributed by atoms with Gasteiger partial charge in [0.1, 0.15) is 0 Å². The summed E-state index contributed by atoms with van der Waals surface area (Å²) >= 11 is 0. The summed E-state index contributed by atoms with van der Waals surface area (Å²) in [6.45, 7) is 7.31.